The van der Waals surface area contributed by atoms with Crippen molar-refractivity contribution in [3.8, 4) is 55.6 Å². The number of fused-ring (bicyclic) bond motifs is 3. The van der Waals surface area contributed by atoms with E-state index in [1.165, 1.54) is 50.1 Å². The van der Waals surface area contributed by atoms with Gasteiger partial charge in [0, 0.05) is 33.9 Å². The number of hydrogen-bond donors (Lipinski definition) is 0. The number of furan rings is 1. The van der Waals surface area contributed by atoms with E-state index in [1.54, 1.807) is 0 Å². The van der Waals surface area contributed by atoms with Crippen LogP contribution in [0.3, 0.4) is 0 Å². The highest BCUT2D eigenvalue weighted by molar-refractivity contribution is 6.06. The first-order valence-corrected chi connectivity index (χ1v) is 19.1. The van der Waals surface area contributed by atoms with Crippen LogP contribution < -0.4 is 4.90 Å². The highest BCUT2D eigenvalue weighted by atomic mass is 16.3. The summed E-state index contributed by atoms with van der Waals surface area (Å²) in [6, 6.07) is 80.0. The molecule has 0 atom stereocenters. The Morgan fingerprint density at radius 3 is 1.09 bits per heavy atom. The van der Waals surface area contributed by atoms with Gasteiger partial charge in [-0.2, -0.15) is 0 Å². The SMILES string of the molecule is c1ccc(-c2ccc(-c3ccc(-c4cccc(-c5ccc(N(c6ccc(-c7ccccc7)cc6)c6ccc7c(c6)oc6ccccc67)cc5)c4)cc3)cc2)cc1. The zero-order chi connectivity index (χ0) is 37.3. The average molecular weight is 716 g/mol. The molecule has 1 aromatic heterocycles. The number of rotatable bonds is 8. The molecule has 0 aliphatic heterocycles. The van der Waals surface area contributed by atoms with Crippen LogP contribution in [0.15, 0.2) is 229 Å². The molecule has 0 spiro atoms. The summed E-state index contributed by atoms with van der Waals surface area (Å²) in [5.41, 5.74) is 16.9. The minimum absolute atomic E-state index is 0.872. The van der Waals surface area contributed by atoms with Gasteiger partial charge in [0.1, 0.15) is 11.2 Å². The van der Waals surface area contributed by atoms with Gasteiger partial charge in [0.25, 0.3) is 0 Å². The van der Waals surface area contributed by atoms with E-state index >= 15 is 0 Å². The van der Waals surface area contributed by atoms with Crippen LogP contribution in [0.2, 0.25) is 0 Å². The molecule has 10 aromatic rings. The summed E-state index contributed by atoms with van der Waals surface area (Å²) in [5, 5.41) is 2.25. The first-order chi connectivity index (χ1) is 27.7. The Kier molecular flexibility index (Phi) is 8.55. The van der Waals surface area contributed by atoms with Crippen molar-refractivity contribution in [2.75, 3.05) is 4.90 Å². The van der Waals surface area contributed by atoms with E-state index in [1.807, 2.05) is 12.1 Å². The fourth-order valence-corrected chi connectivity index (χ4v) is 7.76. The van der Waals surface area contributed by atoms with Crippen molar-refractivity contribution in [2.45, 2.75) is 0 Å². The van der Waals surface area contributed by atoms with Crippen molar-refractivity contribution in [3.05, 3.63) is 224 Å². The molecule has 0 bridgehead atoms. The van der Waals surface area contributed by atoms with Crippen molar-refractivity contribution in [2.24, 2.45) is 0 Å². The van der Waals surface area contributed by atoms with Crippen molar-refractivity contribution in [1.82, 2.24) is 0 Å². The summed E-state index contributed by atoms with van der Waals surface area (Å²) >= 11 is 0. The van der Waals surface area contributed by atoms with E-state index in [0.29, 0.717) is 0 Å². The molecule has 2 nitrogen and oxygen atoms in total. The lowest BCUT2D eigenvalue weighted by atomic mass is 9.96. The third kappa shape index (κ3) is 6.44. The summed E-state index contributed by atoms with van der Waals surface area (Å²) < 4.78 is 6.34. The summed E-state index contributed by atoms with van der Waals surface area (Å²) in [6.07, 6.45) is 0. The molecule has 0 radical (unpaired) electrons. The van der Waals surface area contributed by atoms with Crippen molar-refractivity contribution in [1.29, 1.82) is 0 Å². The second-order valence-corrected chi connectivity index (χ2v) is 14.2. The number of hydrogen-bond acceptors (Lipinski definition) is 2. The molecule has 2 heteroatoms. The van der Waals surface area contributed by atoms with Crippen molar-refractivity contribution in [3.63, 3.8) is 0 Å². The molecule has 0 aliphatic carbocycles. The quantitative estimate of drug-likeness (QED) is 0.156. The molecule has 0 saturated carbocycles. The standard InChI is InChI=1S/C54H37NO/c1-3-10-38(11-4-1)40-18-20-41(21-19-40)42-22-24-44(25-23-42)46-14-9-15-47(36-46)45-28-32-49(33-29-45)55(48-30-26-43(27-31-48)39-12-5-2-6-13-39)50-34-35-52-51-16-7-8-17-53(51)56-54(52)37-50/h1-37H. The minimum Gasteiger partial charge on any atom is -0.456 e. The average Bonchev–Trinajstić information content (AvgIpc) is 3.66. The van der Waals surface area contributed by atoms with E-state index < -0.39 is 0 Å². The maximum Gasteiger partial charge on any atom is 0.137 e. The largest absolute Gasteiger partial charge is 0.456 e. The Labute approximate surface area is 327 Å². The maximum absolute atomic E-state index is 6.34. The lowest BCUT2D eigenvalue weighted by Crippen LogP contribution is -2.09. The smallest absolute Gasteiger partial charge is 0.137 e. The predicted molar refractivity (Wildman–Crippen MR) is 236 cm³/mol. The molecule has 0 fully saturated rings. The Balaban J connectivity index is 0.945. The highest BCUT2D eigenvalue weighted by Gasteiger charge is 2.16. The van der Waals surface area contributed by atoms with Gasteiger partial charge in [-0.1, -0.05) is 170 Å². The molecule has 264 valence electrons. The fraction of sp³-hybridized carbons (Fsp3) is 0. The first-order valence-electron chi connectivity index (χ1n) is 19.1. The topological polar surface area (TPSA) is 16.4 Å². The van der Waals surface area contributed by atoms with E-state index in [4.69, 9.17) is 4.42 Å². The van der Waals surface area contributed by atoms with Crippen molar-refractivity contribution < 1.29 is 4.42 Å². The Hall–Kier alpha value is -7.42. The molecule has 0 N–H and O–H groups in total. The van der Waals surface area contributed by atoms with Crippen LogP contribution in [0.25, 0.3) is 77.6 Å². The van der Waals surface area contributed by atoms with E-state index in [-0.39, 0.29) is 0 Å². The highest BCUT2D eigenvalue weighted by Crippen LogP contribution is 2.40. The number of anilines is 3. The van der Waals surface area contributed by atoms with Gasteiger partial charge in [-0.25, -0.2) is 0 Å². The monoisotopic (exact) mass is 715 g/mol. The molecule has 1 heterocycles. The van der Waals surface area contributed by atoms with Crippen LogP contribution in [0.5, 0.6) is 0 Å². The molecule has 10 rings (SSSR count). The predicted octanol–water partition coefficient (Wildman–Crippen LogP) is 15.4. The Morgan fingerprint density at radius 1 is 0.232 bits per heavy atom. The lowest BCUT2D eigenvalue weighted by molar-refractivity contribution is 0.669. The molecular weight excluding hydrogens is 679 g/mol. The third-order valence-electron chi connectivity index (χ3n) is 10.7. The van der Waals surface area contributed by atoms with Gasteiger partial charge in [-0.15, -0.1) is 0 Å². The van der Waals surface area contributed by atoms with E-state index in [2.05, 4.69) is 217 Å². The van der Waals surface area contributed by atoms with Crippen LogP contribution in [0.4, 0.5) is 17.1 Å². The van der Waals surface area contributed by atoms with Gasteiger partial charge in [-0.3, -0.25) is 0 Å². The van der Waals surface area contributed by atoms with Crippen LogP contribution in [-0.2, 0) is 0 Å². The number of para-hydroxylation sites is 1. The molecule has 0 saturated heterocycles. The Bertz CT molecular complexity index is 2910. The summed E-state index contributed by atoms with van der Waals surface area (Å²) in [5.74, 6) is 0. The van der Waals surface area contributed by atoms with Gasteiger partial charge in [0.2, 0.25) is 0 Å². The zero-order valence-corrected chi connectivity index (χ0v) is 30.7. The molecular formula is C54H37NO. The fourth-order valence-electron chi connectivity index (χ4n) is 7.76. The molecule has 0 aliphatic rings. The van der Waals surface area contributed by atoms with Gasteiger partial charge < -0.3 is 9.32 Å². The van der Waals surface area contributed by atoms with Crippen LogP contribution in [0.1, 0.15) is 0 Å². The van der Waals surface area contributed by atoms with Crippen molar-refractivity contribution >= 4 is 39.0 Å². The lowest BCUT2D eigenvalue weighted by Gasteiger charge is -2.26. The van der Waals surface area contributed by atoms with Gasteiger partial charge in [0.15, 0.2) is 0 Å². The molecule has 9 aromatic carbocycles. The zero-order valence-electron chi connectivity index (χ0n) is 30.7. The first kappa shape index (κ1) is 33.2. The summed E-state index contributed by atoms with van der Waals surface area (Å²) in [6.45, 7) is 0. The Morgan fingerprint density at radius 2 is 0.589 bits per heavy atom. The maximum atomic E-state index is 6.34. The number of nitrogens with zero attached hydrogens (tertiary/aromatic N) is 1. The van der Waals surface area contributed by atoms with Crippen LogP contribution in [-0.4, -0.2) is 0 Å². The number of benzene rings is 9. The van der Waals surface area contributed by atoms with Gasteiger partial charge in [-0.05, 0) is 104 Å². The van der Waals surface area contributed by atoms with E-state index in [9.17, 15) is 0 Å². The third-order valence-corrected chi connectivity index (χ3v) is 10.7. The van der Waals surface area contributed by atoms with Crippen LogP contribution in [0, 0.1) is 0 Å². The summed E-state index contributed by atoms with van der Waals surface area (Å²) in [7, 11) is 0. The molecule has 56 heavy (non-hydrogen) atoms. The van der Waals surface area contributed by atoms with E-state index in [0.717, 1.165) is 44.6 Å². The minimum atomic E-state index is 0.872. The second kappa shape index (κ2) is 14.4. The van der Waals surface area contributed by atoms with Crippen LogP contribution >= 0.6 is 0 Å². The molecule has 0 unspecified atom stereocenters. The summed E-state index contributed by atoms with van der Waals surface area (Å²) in [4.78, 5) is 2.30. The normalized spacial score (nSPS) is 11.2. The second-order valence-electron chi connectivity index (χ2n) is 14.2. The van der Waals surface area contributed by atoms with Gasteiger partial charge >= 0.3 is 0 Å². The molecule has 0 amide bonds. The van der Waals surface area contributed by atoms with Gasteiger partial charge in [0.05, 0.1) is 0 Å².